The molecule has 0 bridgehead atoms. The van der Waals surface area contributed by atoms with Crippen molar-refractivity contribution in [3.8, 4) is 0 Å². The van der Waals surface area contributed by atoms with E-state index in [1.807, 2.05) is 0 Å². The summed E-state index contributed by atoms with van der Waals surface area (Å²) in [5, 5.41) is 5.62. The molecule has 1 fully saturated rings. The summed E-state index contributed by atoms with van der Waals surface area (Å²) < 4.78 is 9.96. The first-order chi connectivity index (χ1) is 13.6. The molecule has 2 N–H and O–H groups in total. The van der Waals surface area contributed by atoms with Crippen LogP contribution in [0.5, 0.6) is 0 Å². The predicted molar refractivity (Wildman–Crippen MR) is 103 cm³/mol. The molecule has 0 aliphatic heterocycles. The maximum atomic E-state index is 12.5. The van der Waals surface area contributed by atoms with Crippen LogP contribution < -0.4 is 10.6 Å². The van der Waals surface area contributed by atoms with Crippen LogP contribution in [0.4, 0.5) is 5.69 Å². The van der Waals surface area contributed by atoms with Crippen molar-refractivity contribution in [2.45, 2.75) is 31.7 Å². The Morgan fingerprint density at radius 2 is 1.89 bits per heavy atom. The minimum Gasteiger partial charge on any atom is -0.465 e. The summed E-state index contributed by atoms with van der Waals surface area (Å²) in [6, 6.07) is 10.3. The quantitative estimate of drug-likeness (QED) is 0.566. The van der Waals surface area contributed by atoms with E-state index in [9.17, 15) is 14.4 Å². The van der Waals surface area contributed by atoms with E-state index in [2.05, 4.69) is 10.6 Å². The van der Waals surface area contributed by atoms with E-state index in [0.717, 1.165) is 25.7 Å². The molecule has 1 aromatic heterocycles. The number of nitrogens with one attached hydrogen (secondary N) is 2. The number of esters is 1. The van der Waals surface area contributed by atoms with Crippen LogP contribution in [0, 0.1) is 0 Å². The van der Waals surface area contributed by atoms with Gasteiger partial charge in [-0.15, -0.1) is 0 Å². The Balaban J connectivity index is 1.52. The normalized spacial score (nSPS) is 14.1. The minimum absolute atomic E-state index is 0.179. The third kappa shape index (κ3) is 5.57. The highest BCUT2D eigenvalue weighted by atomic mass is 16.5. The van der Waals surface area contributed by atoms with Gasteiger partial charge in [0.25, 0.3) is 11.8 Å². The molecule has 0 atom stereocenters. The fraction of sp³-hybridized carbons (Fsp3) is 0.286. The van der Waals surface area contributed by atoms with Gasteiger partial charge in [-0.05, 0) is 43.2 Å². The third-order valence-corrected chi connectivity index (χ3v) is 4.41. The van der Waals surface area contributed by atoms with Gasteiger partial charge in [-0.25, -0.2) is 4.79 Å². The predicted octanol–water partition coefficient (Wildman–Crippen LogP) is 3.15. The van der Waals surface area contributed by atoms with Crippen molar-refractivity contribution in [1.29, 1.82) is 0 Å². The highest BCUT2D eigenvalue weighted by Crippen LogP contribution is 2.20. The highest BCUT2D eigenvalue weighted by Gasteiger charge is 2.20. The first kappa shape index (κ1) is 19.4. The lowest BCUT2D eigenvalue weighted by atomic mass is 10.1. The Morgan fingerprint density at radius 3 is 2.64 bits per heavy atom. The smallest absolute Gasteiger partial charge is 0.331 e. The van der Waals surface area contributed by atoms with Gasteiger partial charge in [-0.3, -0.25) is 9.59 Å². The number of carbonyl (C=O) groups is 3. The first-order valence-electron chi connectivity index (χ1n) is 9.20. The van der Waals surface area contributed by atoms with Crippen LogP contribution in [-0.4, -0.2) is 30.4 Å². The van der Waals surface area contributed by atoms with Crippen LogP contribution in [0.3, 0.4) is 0 Å². The van der Waals surface area contributed by atoms with Crippen LogP contribution in [0.15, 0.2) is 53.2 Å². The van der Waals surface area contributed by atoms with Gasteiger partial charge in [0.1, 0.15) is 5.76 Å². The van der Waals surface area contributed by atoms with Crippen molar-refractivity contribution in [2.75, 3.05) is 11.9 Å². The minimum atomic E-state index is -0.668. The fourth-order valence-electron chi connectivity index (χ4n) is 3.03. The second-order valence-electron chi connectivity index (χ2n) is 6.51. The van der Waals surface area contributed by atoms with E-state index in [1.165, 1.54) is 18.4 Å². The van der Waals surface area contributed by atoms with E-state index >= 15 is 0 Å². The lowest BCUT2D eigenvalue weighted by Gasteiger charge is -2.15. The molecule has 0 spiro atoms. The first-order valence-corrected chi connectivity index (χ1v) is 9.20. The summed E-state index contributed by atoms with van der Waals surface area (Å²) in [4.78, 5) is 36.3. The molecule has 7 heteroatoms. The fourth-order valence-corrected chi connectivity index (χ4v) is 3.03. The Bertz CT molecular complexity index is 851. The lowest BCUT2D eigenvalue weighted by Crippen LogP contribution is -2.33. The zero-order valence-electron chi connectivity index (χ0n) is 15.4. The molecule has 1 aliphatic rings. The number of hydrogen-bond donors (Lipinski definition) is 2. The van der Waals surface area contributed by atoms with Crippen LogP contribution in [0.1, 0.15) is 41.8 Å². The molecular formula is C21H22N2O5. The molecule has 146 valence electrons. The molecule has 2 aromatic rings. The second-order valence-corrected chi connectivity index (χ2v) is 6.51. The van der Waals surface area contributed by atoms with Crippen molar-refractivity contribution >= 4 is 29.5 Å². The molecule has 2 amide bonds. The molecule has 0 saturated heterocycles. The van der Waals surface area contributed by atoms with Gasteiger partial charge in [-0.2, -0.15) is 0 Å². The number of hydrogen-bond acceptors (Lipinski definition) is 5. The number of ether oxygens (including phenoxy) is 1. The molecule has 3 rings (SSSR count). The number of carbonyl (C=O) groups excluding carboxylic acids is 3. The molecule has 1 saturated carbocycles. The topological polar surface area (TPSA) is 97.6 Å². The number of para-hydroxylation sites is 1. The van der Waals surface area contributed by atoms with Crippen LogP contribution in [0.2, 0.25) is 0 Å². The monoisotopic (exact) mass is 382 g/mol. The van der Waals surface area contributed by atoms with E-state index in [-0.39, 0.29) is 11.9 Å². The molecule has 0 unspecified atom stereocenters. The summed E-state index contributed by atoms with van der Waals surface area (Å²) in [5.41, 5.74) is 0.761. The Morgan fingerprint density at radius 1 is 1.11 bits per heavy atom. The summed E-state index contributed by atoms with van der Waals surface area (Å²) in [5.74, 6) is -0.913. The molecule has 1 heterocycles. The Labute approximate surface area is 162 Å². The maximum Gasteiger partial charge on any atom is 0.331 e. The zero-order valence-corrected chi connectivity index (χ0v) is 15.4. The molecule has 28 heavy (non-hydrogen) atoms. The molecule has 1 aromatic carbocycles. The van der Waals surface area contributed by atoms with Crippen LogP contribution >= 0.6 is 0 Å². The van der Waals surface area contributed by atoms with Crippen molar-refractivity contribution in [3.05, 3.63) is 60.1 Å². The summed E-state index contributed by atoms with van der Waals surface area (Å²) in [6.45, 7) is -0.458. The second kappa shape index (κ2) is 9.55. The van der Waals surface area contributed by atoms with Gasteiger partial charge in [0.2, 0.25) is 0 Å². The number of benzene rings is 1. The van der Waals surface area contributed by atoms with Crippen LogP contribution in [-0.2, 0) is 14.3 Å². The molecule has 1 aliphatic carbocycles. The van der Waals surface area contributed by atoms with Crippen molar-refractivity contribution in [2.24, 2.45) is 0 Å². The van der Waals surface area contributed by atoms with E-state index in [0.29, 0.717) is 17.0 Å². The summed E-state index contributed by atoms with van der Waals surface area (Å²) in [7, 11) is 0. The van der Waals surface area contributed by atoms with Crippen molar-refractivity contribution in [1.82, 2.24) is 5.32 Å². The van der Waals surface area contributed by atoms with Gasteiger partial charge in [0, 0.05) is 12.1 Å². The van der Waals surface area contributed by atoms with Crippen molar-refractivity contribution < 1.29 is 23.5 Å². The number of amides is 2. The van der Waals surface area contributed by atoms with Crippen LogP contribution in [0.25, 0.3) is 6.08 Å². The average molecular weight is 382 g/mol. The maximum absolute atomic E-state index is 12.5. The number of anilines is 1. The zero-order chi connectivity index (χ0) is 19.8. The van der Waals surface area contributed by atoms with Gasteiger partial charge in [0.05, 0.1) is 17.5 Å². The summed E-state index contributed by atoms with van der Waals surface area (Å²) >= 11 is 0. The summed E-state index contributed by atoms with van der Waals surface area (Å²) in [6.07, 6.45) is 8.28. The van der Waals surface area contributed by atoms with Gasteiger partial charge < -0.3 is 19.8 Å². The van der Waals surface area contributed by atoms with Gasteiger partial charge in [0.15, 0.2) is 6.61 Å². The highest BCUT2D eigenvalue weighted by molar-refractivity contribution is 6.04. The van der Waals surface area contributed by atoms with Gasteiger partial charge >= 0.3 is 5.97 Å². The lowest BCUT2D eigenvalue weighted by molar-refractivity contribution is -0.142. The van der Waals surface area contributed by atoms with E-state index in [4.69, 9.17) is 9.15 Å². The Kier molecular flexibility index (Phi) is 6.62. The molecule has 7 nitrogen and oxygen atoms in total. The molecule has 0 radical (unpaired) electrons. The third-order valence-electron chi connectivity index (χ3n) is 4.41. The van der Waals surface area contributed by atoms with Crippen molar-refractivity contribution in [3.63, 3.8) is 0 Å². The average Bonchev–Trinajstić information content (AvgIpc) is 3.39. The SMILES string of the molecule is O=C(COC(=O)/C=C/c1ccco1)Nc1ccccc1C(=O)NC1CCCC1. The standard InChI is InChI=1S/C21H22N2O5/c24-19(14-28-20(25)12-11-16-8-5-13-27-16)23-18-10-4-3-9-17(18)21(26)22-15-6-1-2-7-15/h3-5,8-13,15H,1-2,6-7,14H2,(H,22,26)(H,23,24)/b12-11+. The van der Waals surface area contributed by atoms with E-state index < -0.39 is 18.5 Å². The number of rotatable bonds is 7. The van der Waals surface area contributed by atoms with E-state index in [1.54, 1.807) is 36.4 Å². The largest absolute Gasteiger partial charge is 0.465 e. The Hall–Kier alpha value is -3.35. The van der Waals surface area contributed by atoms with Gasteiger partial charge in [-0.1, -0.05) is 25.0 Å². The molecular weight excluding hydrogens is 360 g/mol. The number of furan rings is 1.